The number of esters is 6. The monoisotopic (exact) mass is 1830 g/mol. The first-order valence-corrected chi connectivity index (χ1v) is 43.5. The lowest BCUT2D eigenvalue weighted by Gasteiger charge is -2.35. The van der Waals surface area contributed by atoms with E-state index < -0.39 is 117 Å². The number of benzene rings is 1. The summed E-state index contributed by atoms with van der Waals surface area (Å²) in [5.41, 5.74) is -5.26. The Labute approximate surface area is 737 Å². The van der Waals surface area contributed by atoms with Gasteiger partial charge in [-0.1, -0.05) is 61.9 Å². The van der Waals surface area contributed by atoms with E-state index in [-0.39, 0.29) is 155 Å². The van der Waals surface area contributed by atoms with Gasteiger partial charge in [-0.25, -0.2) is 43.3 Å². The van der Waals surface area contributed by atoms with Crippen molar-refractivity contribution in [2.45, 2.75) is 189 Å². The minimum absolute atomic E-state index is 0.0123. The number of nitrogens with one attached hydrogen (secondary N) is 1. The van der Waals surface area contributed by atoms with Crippen LogP contribution in [0, 0.1) is 32.5 Å². The molecule has 702 valence electrons. The second-order valence-corrected chi connectivity index (χ2v) is 38.3. The third-order valence-corrected chi connectivity index (χ3v) is 21.6. The normalized spacial score (nSPS) is 19.4. The molecule has 2 amide bonds. The molecule has 9 heterocycles. The summed E-state index contributed by atoms with van der Waals surface area (Å²) in [7, 11) is 3.08. The Morgan fingerprint density at radius 2 is 0.872 bits per heavy atom. The number of aliphatic hydroxyl groups excluding tert-OH is 1. The SMILES string of the molecule is CC(C)(C)OC(=O)N1CCC(OC(=O)C2(C)COC(=O)OC2)CC1.CC(C)(C)OC(=O)NCCOC(=O)C1(C)COC(=O)OC1.CC(C)(C)SCCCOC(=O)C1(C)COC(=O)OC1.CC1(C(=O)OCCOC2CCCCO2)COC(=O)OC1.CC1(C(=O)OCCSSc2ccccn2)COC(=O)OC1.CC1(C(=O)OCc2ccc(CO)cc2)COC(=O)OC1. The van der Waals surface area contributed by atoms with Gasteiger partial charge in [0.25, 0.3) is 0 Å². The van der Waals surface area contributed by atoms with Crippen molar-refractivity contribution >= 4 is 118 Å². The molecule has 1 unspecified atom stereocenters. The van der Waals surface area contributed by atoms with Gasteiger partial charge in [0.1, 0.15) is 161 Å². The summed E-state index contributed by atoms with van der Waals surface area (Å²) in [5, 5.41) is 12.3. The Bertz CT molecular complexity index is 3790. The van der Waals surface area contributed by atoms with Crippen LogP contribution in [-0.4, -0.2) is 278 Å². The van der Waals surface area contributed by atoms with E-state index in [2.05, 4.69) is 40.5 Å². The van der Waals surface area contributed by atoms with Gasteiger partial charge in [0.15, 0.2) is 6.29 Å². The van der Waals surface area contributed by atoms with Crippen LogP contribution in [0.15, 0.2) is 53.7 Å². The number of aliphatic hydroxyl groups is 1. The van der Waals surface area contributed by atoms with Crippen LogP contribution in [-0.2, 0) is 146 Å². The zero-order valence-electron chi connectivity index (χ0n) is 73.5. The van der Waals surface area contributed by atoms with Crippen molar-refractivity contribution in [2.24, 2.45) is 32.5 Å². The van der Waals surface area contributed by atoms with Gasteiger partial charge >= 0.3 is 84.9 Å². The fourth-order valence-corrected chi connectivity index (χ4v) is 13.0. The minimum Gasteiger partial charge on any atom is -0.465 e. The lowest BCUT2D eigenvalue weighted by Crippen LogP contribution is -2.47. The predicted octanol–water partition coefficient (Wildman–Crippen LogP) is 11.1. The maximum absolute atomic E-state index is 12.3. The molecule has 8 fully saturated rings. The second-order valence-electron chi connectivity index (χ2n) is 34.0. The van der Waals surface area contributed by atoms with Gasteiger partial charge in [0, 0.05) is 49.2 Å². The van der Waals surface area contributed by atoms with Crippen LogP contribution in [0.5, 0.6) is 0 Å². The van der Waals surface area contributed by atoms with Crippen molar-refractivity contribution in [3.8, 4) is 0 Å². The quantitative estimate of drug-likeness (QED) is 0.0382. The first-order chi connectivity index (χ1) is 58.7. The summed E-state index contributed by atoms with van der Waals surface area (Å²) < 4.78 is 109. The maximum Gasteiger partial charge on any atom is 0.508 e. The molecule has 40 nitrogen and oxygen atoms in total. The Morgan fingerprint density at radius 1 is 0.472 bits per heavy atom. The van der Waals surface area contributed by atoms with E-state index in [1.165, 1.54) is 10.8 Å². The summed E-state index contributed by atoms with van der Waals surface area (Å²) in [4.78, 5) is 166. The van der Waals surface area contributed by atoms with Gasteiger partial charge in [0.05, 0.1) is 26.4 Å². The number of carbonyl (C=O) groups is 14. The Morgan fingerprint density at radius 3 is 1.26 bits per heavy atom. The van der Waals surface area contributed by atoms with Crippen molar-refractivity contribution in [3.05, 3.63) is 59.8 Å². The maximum atomic E-state index is 12.3. The molecule has 8 aliphatic rings. The average Bonchev–Trinajstić information content (AvgIpc) is 0.823. The molecular formula is C82H119N3O37S3. The number of aromatic nitrogens is 1. The number of likely N-dealkylation sites (tertiary alicyclic amines) is 1. The van der Waals surface area contributed by atoms with Gasteiger partial charge in [-0.05, 0) is 149 Å². The minimum atomic E-state index is -1.03. The van der Waals surface area contributed by atoms with Crippen molar-refractivity contribution in [2.75, 3.05) is 150 Å². The highest BCUT2D eigenvalue weighted by Gasteiger charge is 2.48. The summed E-state index contributed by atoms with van der Waals surface area (Å²) in [6.07, 6.45) is 0.665. The summed E-state index contributed by atoms with van der Waals surface area (Å²) in [6, 6.07) is 12.8. The van der Waals surface area contributed by atoms with Crippen LogP contribution in [0.3, 0.4) is 0 Å². The molecule has 8 saturated heterocycles. The number of hydrogen-bond donors (Lipinski definition) is 2. The van der Waals surface area contributed by atoms with Gasteiger partial charge in [-0.2, -0.15) is 11.8 Å². The smallest absolute Gasteiger partial charge is 0.465 e. The number of rotatable bonds is 26. The Hall–Kier alpha value is -9.72. The number of hydrogen-bond acceptors (Lipinski definition) is 41. The second kappa shape index (κ2) is 50.6. The molecule has 2 N–H and O–H groups in total. The molecule has 8 aliphatic heterocycles. The molecule has 0 bridgehead atoms. The number of carbonyl (C=O) groups excluding carboxylic acids is 14. The zero-order valence-corrected chi connectivity index (χ0v) is 75.9. The fraction of sp³-hybridized carbons (Fsp3) is 0.695. The molecule has 0 aliphatic carbocycles. The topological polar surface area (TPSA) is 490 Å². The molecule has 0 saturated carbocycles. The fourth-order valence-electron chi connectivity index (χ4n) is 10.4. The summed E-state index contributed by atoms with van der Waals surface area (Å²) in [6.45, 7) is 29.4. The average molecular weight is 1840 g/mol. The van der Waals surface area contributed by atoms with E-state index in [4.69, 9.17) is 99.8 Å². The molecule has 10 rings (SSSR count). The van der Waals surface area contributed by atoms with E-state index in [0.29, 0.717) is 44.9 Å². The highest BCUT2D eigenvalue weighted by atomic mass is 33.1. The largest absolute Gasteiger partial charge is 0.508 e. The number of thioether (sulfide) groups is 1. The zero-order chi connectivity index (χ0) is 92.7. The molecule has 0 spiro atoms. The number of nitrogens with zero attached hydrogens (tertiary/aromatic N) is 2. The van der Waals surface area contributed by atoms with Crippen LogP contribution < -0.4 is 5.32 Å². The third kappa shape index (κ3) is 39.8. The molecule has 2 aromatic rings. The number of pyridine rings is 1. The molecule has 43 heteroatoms. The molecule has 0 radical (unpaired) electrons. The summed E-state index contributed by atoms with van der Waals surface area (Å²) in [5.74, 6) is -1.15. The molecular weight excluding hydrogens is 1720 g/mol. The predicted molar refractivity (Wildman–Crippen MR) is 439 cm³/mol. The van der Waals surface area contributed by atoms with Gasteiger partial charge in [0.2, 0.25) is 0 Å². The first kappa shape index (κ1) is 106. The van der Waals surface area contributed by atoms with E-state index in [1.807, 2.05) is 50.7 Å². The Kier molecular flexibility index (Phi) is 42.8. The van der Waals surface area contributed by atoms with Crippen molar-refractivity contribution in [3.63, 3.8) is 0 Å². The molecule has 1 aromatic heterocycles. The van der Waals surface area contributed by atoms with Crippen LogP contribution in [0.4, 0.5) is 38.4 Å². The lowest BCUT2D eigenvalue weighted by atomic mass is 9.92. The number of amides is 2. The number of piperidine rings is 1. The first-order valence-electron chi connectivity index (χ1n) is 40.2. The standard InChI is InChI=1S/C16H25NO7.C14H16O6.C13H21NO7.C13H15NO5S2.C13H20O7.C13H22O5S/c1-15(2,3)24-13(19)17-7-5-11(6-8-17)23-12(18)16(4)9-21-14(20)22-10-16;1-14(8-19-13(17)20-9-14)12(16)18-7-11-4-2-10(6-15)3-5-11;1-12(2,3)21-10(16)14-5-6-18-9(15)13(4)7-19-11(17)20-8-13;1-13(8-18-12(16)19-9-13)11(15)17-6-7-20-21-10-4-2-3-5-14-10;1-13(8-19-12(15)20-9-13)11(14)18-7-6-17-10-4-2-3-5-16-10;1-12(2,3)19-7-5-6-16-10(14)13(4)8-17-11(15)18-9-13/h11H,5-10H2,1-4H3;2-5,15H,6-9H2,1H3;5-8H2,1-4H3,(H,14,16);2-5H,6-9H2,1H3;10H,2-9H2,1H3;5-9H2,1-4H3. The van der Waals surface area contributed by atoms with Crippen LogP contribution in [0.2, 0.25) is 0 Å². The van der Waals surface area contributed by atoms with Crippen LogP contribution in [0.25, 0.3) is 0 Å². The number of ether oxygens (including phenoxy) is 22. The van der Waals surface area contributed by atoms with Gasteiger partial charge in [-0.15, -0.1) is 0 Å². The van der Waals surface area contributed by atoms with E-state index >= 15 is 0 Å². The summed E-state index contributed by atoms with van der Waals surface area (Å²) >= 11 is 1.83. The highest BCUT2D eigenvalue weighted by molar-refractivity contribution is 8.76. The Balaban J connectivity index is 0.000000267. The van der Waals surface area contributed by atoms with E-state index in [1.54, 1.807) is 108 Å². The van der Waals surface area contributed by atoms with Gasteiger partial charge in [-0.3, -0.25) is 28.8 Å². The lowest BCUT2D eigenvalue weighted by molar-refractivity contribution is -0.182. The van der Waals surface area contributed by atoms with Gasteiger partial charge < -0.3 is 120 Å². The van der Waals surface area contributed by atoms with Crippen LogP contribution in [0.1, 0.15) is 154 Å². The number of cyclic esters (lactones) is 12. The molecule has 125 heavy (non-hydrogen) atoms. The number of alkyl carbamates (subject to hydrolysis) is 1. The van der Waals surface area contributed by atoms with Crippen molar-refractivity contribution in [1.29, 1.82) is 0 Å². The van der Waals surface area contributed by atoms with Crippen LogP contribution >= 0.6 is 33.3 Å². The van der Waals surface area contributed by atoms with E-state index in [9.17, 15) is 67.1 Å². The molecule has 1 atom stereocenters. The molecule has 1 aromatic carbocycles. The van der Waals surface area contributed by atoms with E-state index in [0.717, 1.165) is 47.6 Å². The third-order valence-electron chi connectivity index (χ3n) is 18.0. The van der Waals surface area contributed by atoms with Crippen molar-refractivity contribution < 1.29 is 176 Å². The van der Waals surface area contributed by atoms with Crippen molar-refractivity contribution in [1.82, 2.24) is 15.2 Å². The highest BCUT2D eigenvalue weighted by Crippen LogP contribution is 2.33.